The molecule has 2 saturated carbocycles. The maximum absolute atomic E-state index is 13.8. The van der Waals surface area contributed by atoms with Crippen molar-refractivity contribution in [2.24, 2.45) is 34.5 Å². The number of aliphatic hydroxyl groups excluding tert-OH is 3. The van der Waals surface area contributed by atoms with Crippen LogP contribution in [0.5, 0.6) is 5.75 Å². The molecule has 4 aliphatic carbocycles. The zero-order valence-electron chi connectivity index (χ0n) is 22.7. The van der Waals surface area contributed by atoms with E-state index in [1.165, 1.54) is 4.90 Å². The number of carbonyl (C=O) groups is 1. The lowest BCUT2D eigenvalue weighted by molar-refractivity contribution is -0.215. The average Bonchev–Trinajstić information content (AvgIpc) is 3.37. The van der Waals surface area contributed by atoms with Crippen molar-refractivity contribution in [1.82, 2.24) is 0 Å². The van der Waals surface area contributed by atoms with E-state index in [1.807, 2.05) is 32.1 Å². The second-order valence-corrected chi connectivity index (χ2v) is 12.8. The molecule has 4 N–H and O–H groups in total. The number of ether oxygens (including phenoxy) is 2. The Morgan fingerprint density at radius 2 is 1.92 bits per heavy atom. The number of fused-ring (bicyclic) bond motifs is 4. The van der Waals surface area contributed by atoms with Crippen molar-refractivity contribution in [3.8, 4) is 5.75 Å². The van der Waals surface area contributed by atoms with Gasteiger partial charge in [0.2, 0.25) is 0 Å². The van der Waals surface area contributed by atoms with E-state index in [4.69, 9.17) is 9.47 Å². The molecule has 0 radical (unpaired) electrons. The van der Waals surface area contributed by atoms with Gasteiger partial charge in [0.05, 0.1) is 29.9 Å². The smallest absolute Gasteiger partial charge is 0.415 e. The third-order valence-electron chi connectivity index (χ3n) is 10.6. The van der Waals surface area contributed by atoms with Crippen LogP contribution < -0.4 is 9.64 Å². The van der Waals surface area contributed by atoms with Crippen molar-refractivity contribution < 1.29 is 34.7 Å². The fourth-order valence-corrected chi connectivity index (χ4v) is 8.64. The molecule has 1 amide bonds. The normalized spacial score (nSPS) is 44.3. The molecule has 2 fully saturated rings. The number of nitrogens with zero attached hydrogens (tertiary/aromatic N) is 1. The summed E-state index contributed by atoms with van der Waals surface area (Å²) in [6, 6.07) is 6.89. The van der Waals surface area contributed by atoms with Crippen molar-refractivity contribution >= 4 is 11.8 Å². The quantitative estimate of drug-likeness (QED) is 0.438. The Balaban J connectivity index is 1.43. The molecule has 8 heteroatoms. The maximum Gasteiger partial charge on any atom is 0.415 e. The van der Waals surface area contributed by atoms with Gasteiger partial charge in [0.1, 0.15) is 24.1 Å². The van der Waals surface area contributed by atoms with E-state index in [1.54, 1.807) is 25.1 Å². The van der Waals surface area contributed by atoms with Crippen LogP contribution >= 0.6 is 0 Å². The van der Waals surface area contributed by atoms with Crippen LogP contribution in [0, 0.1) is 34.5 Å². The summed E-state index contributed by atoms with van der Waals surface area (Å²) in [6.45, 7) is 9.84. The third kappa shape index (κ3) is 3.09. The number of rotatable bonds is 2. The first-order valence-corrected chi connectivity index (χ1v) is 13.7. The molecule has 0 saturated heterocycles. The summed E-state index contributed by atoms with van der Waals surface area (Å²) in [4.78, 5) is 15.3. The summed E-state index contributed by atoms with van der Waals surface area (Å²) in [6.07, 6.45) is -0.0621. The molecule has 10 atom stereocenters. The molecule has 8 nitrogen and oxygen atoms in total. The number of aliphatic hydroxyl groups is 4. The lowest BCUT2D eigenvalue weighted by Crippen LogP contribution is -2.67. The minimum Gasteiger partial charge on any atom is -0.489 e. The molecular weight excluding hydrogens is 486 g/mol. The van der Waals surface area contributed by atoms with Gasteiger partial charge in [-0.25, -0.2) is 4.79 Å². The summed E-state index contributed by atoms with van der Waals surface area (Å²) in [5.74, 6) is 0.499. The van der Waals surface area contributed by atoms with Crippen molar-refractivity contribution in [3.05, 3.63) is 47.6 Å². The minimum atomic E-state index is -2.06. The number of hydrogen-bond donors (Lipinski definition) is 4. The number of hydrogen-bond acceptors (Lipinski definition) is 7. The fourth-order valence-electron chi connectivity index (χ4n) is 8.64. The Labute approximate surface area is 223 Å². The summed E-state index contributed by atoms with van der Waals surface area (Å²) >= 11 is 0. The molecule has 6 rings (SSSR count). The van der Waals surface area contributed by atoms with Gasteiger partial charge in [0, 0.05) is 5.92 Å². The van der Waals surface area contributed by atoms with E-state index in [-0.39, 0.29) is 41.4 Å². The van der Waals surface area contributed by atoms with Gasteiger partial charge in [-0.2, -0.15) is 0 Å². The van der Waals surface area contributed by atoms with Crippen LogP contribution in [0.25, 0.3) is 0 Å². The van der Waals surface area contributed by atoms with Gasteiger partial charge >= 0.3 is 6.09 Å². The van der Waals surface area contributed by atoms with Crippen LogP contribution in [0.1, 0.15) is 41.0 Å². The molecule has 1 aromatic rings. The molecule has 2 bridgehead atoms. The highest BCUT2D eigenvalue weighted by Crippen LogP contribution is 2.72. The summed E-state index contributed by atoms with van der Waals surface area (Å²) in [7, 11) is 0. The lowest BCUT2D eigenvalue weighted by Gasteiger charge is -2.52. The zero-order valence-corrected chi connectivity index (χ0v) is 22.7. The molecule has 1 aliphatic heterocycles. The predicted octanol–water partition coefficient (Wildman–Crippen LogP) is 3.04. The first-order chi connectivity index (χ1) is 17.9. The monoisotopic (exact) mass is 525 g/mol. The molecule has 1 aromatic carbocycles. The molecule has 0 aromatic heterocycles. The summed E-state index contributed by atoms with van der Waals surface area (Å²) in [5, 5.41) is 46.8. The van der Waals surface area contributed by atoms with Crippen LogP contribution in [0.2, 0.25) is 0 Å². The van der Waals surface area contributed by atoms with Gasteiger partial charge in [-0.05, 0) is 66.7 Å². The minimum absolute atomic E-state index is 0.00901. The van der Waals surface area contributed by atoms with Crippen LogP contribution in [0.4, 0.5) is 10.5 Å². The van der Waals surface area contributed by atoms with Crippen molar-refractivity contribution in [1.29, 1.82) is 0 Å². The second-order valence-electron chi connectivity index (χ2n) is 12.8. The number of benzene rings is 1. The van der Waals surface area contributed by atoms with E-state index in [0.29, 0.717) is 22.9 Å². The largest absolute Gasteiger partial charge is 0.489 e. The maximum atomic E-state index is 13.8. The number of para-hydroxylation sites is 2. The molecule has 2 unspecified atom stereocenters. The highest BCUT2D eigenvalue weighted by molar-refractivity contribution is 5.91. The van der Waals surface area contributed by atoms with Crippen LogP contribution in [0.3, 0.4) is 0 Å². The van der Waals surface area contributed by atoms with Gasteiger partial charge < -0.3 is 29.9 Å². The molecule has 206 valence electrons. The Morgan fingerprint density at radius 1 is 1.21 bits per heavy atom. The average molecular weight is 526 g/mol. The zero-order chi connectivity index (χ0) is 27.4. The van der Waals surface area contributed by atoms with E-state index < -0.39 is 42.0 Å². The molecule has 38 heavy (non-hydrogen) atoms. The van der Waals surface area contributed by atoms with Gasteiger partial charge in [-0.1, -0.05) is 45.1 Å². The van der Waals surface area contributed by atoms with Crippen molar-refractivity contribution in [3.63, 3.8) is 0 Å². The van der Waals surface area contributed by atoms with Crippen LogP contribution in [-0.2, 0) is 4.74 Å². The first kappa shape index (κ1) is 25.9. The first-order valence-electron chi connectivity index (χ1n) is 13.7. The van der Waals surface area contributed by atoms with Gasteiger partial charge in [0.25, 0.3) is 0 Å². The van der Waals surface area contributed by atoms with Gasteiger partial charge in [0.15, 0.2) is 6.10 Å². The molecule has 1 heterocycles. The molecule has 5 aliphatic rings. The lowest BCUT2D eigenvalue weighted by atomic mass is 9.58. The highest BCUT2D eigenvalue weighted by Gasteiger charge is 2.76. The number of carbonyl (C=O) groups excluding carboxylic acids is 1. The molecule has 1 spiro atoms. The molecular formula is C30H39NO7. The Bertz CT molecular complexity index is 1220. The summed E-state index contributed by atoms with van der Waals surface area (Å²) < 4.78 is 11.9. The highest BCUT2D eigenvalue weighted by atomic mass is 16.6. The van der Waals surface area contributed by atoms with Gasteiger partial charge in [-0.3, -0.25) is 4.90 Å². The van der Waals surface area contributed by atoms with E-state index in [2.05, 4.69) is 13.8 Å². The topological polar surface area (TPSA) is 120 Å². The van der Waals surface area contributed by atoms with Gasteiger partial charge in [-0.15, -0.1) is 0 Å². The van der Waals surface area contributed by atoms with Crippen molar-refractivity contribution in [2.75, 3.05) is 18.1 Å². The summed E-state index contributed by atoms with van der Waals surface area (Å²) in [5.41, 5.74) is -1.92. The second kappa shape index (κ2) is 8.31. The Morgan fingerprint density at radius 3 is 2.63 bits per heavy atom. The Hall–Kier alpha value is -2.39. The van der Waals surface area contributed by atoms with Crippen molar-refractivity contribution in [2.45, 2.75) is 71.0 Å². The number of anilines is 1. The number of amides is 1. The Kier molecular flexibility index (Phi) is 5.65. The van der Waals surface area contributed by atoms with E-state index in [0.717, 1.165) is 6.42 Å². The van der Waals surface area contributed by atoms with Crippen LogP contribution in [0.15, 0.2) is 47.6 Å². The third-order valence-corrected chi connectivity index (χ3v) is 10.6. The fraction of sp³-hybridized carbons (Fsp3) is 0.633. The van der Waals surface area contributed by atoms with E-state index >= 15 is 0 Å². The SMILES string of the molecule is CC1=C[C@]23C(O)[C@@H](C=C(CO)[C@@H](O)[C@]2(O)[C@H]1OC(=O)N1c2ccccc2OCC1C)[C@H]1[C@@H](C[C@H]3C)C1(C)C. The van der Waals surface area contributed by atoms with Crippen LogP contribution in [-0.4, -0.2) is 69.7 Å². The predicted molar refractivity (Wildman–Crippen MR) is 141 cm³/mol. The van der Waals surface area contributed by atoms with E-state index in [9.17, 15) is 25.2 Å². The standard InChI is InChI=1S/C30H39NO7/c1-15-12-29-16(2)10-20-23(28(20,4)5)19(25(29)34)11-18(13-32)24(33)30(29,36)26(15)38-27(35)31-17(3)14-37-22-9-7-6-8-21(22)31/h6-9,11-12,16-17,19-20,23-26,32-34,36H,10,13-14H2,1-5H3/t16-,17?,19+,20-,23+,24-,25?,26+,29+,30+/m1/s1.